The summed E-state index contributed by atoms with van der Waals surface area (Å²) in [6.07, 6.45) is 0. The topological polar surface area (TPSA) is 77.5 Å². The van der Waals surface area contributed by atoms with Crippen LogP contribution in [0.4, 0.5) is 0 Å². The molecule has 0 aliphatic carbocycles. The molecule has 1 heterocycles. The van der Waals surface area contributed by atoms with E-state index in [2.05, 4.69) is 0 Å². The SMILES string of the molecule is CC(=O)N1C(C(=O)[O-])CSC1(C)C(C)=O.[Na+]. The van der Waals surface area contributed by atoms with Crippen LogP contribution >= 0.6 is 11.8 Å². The molecule has 0 spiro atoms. The van der Waals surface area contributed by atoms with Crippen LogP contribution in [0.1, 0.15) is 20.8 Å². The van der Waals surface area contributed by atoms with Crippen molar-refractivity contribution in [2.24, 2.45) is 0 Å². The number of carbonyl (C=O) groups is 3. The van der Waals surface area contributed by atoms with Gasteiger partial charge in [-0.25, -0.2) is 0 Å². The van der Waals surface area contributed by atoms with Crippen molar-refractivity contribution in [3.8, 4) is 0 Å². The van der Waals surface area contributed by atoms with Crippen LogP contribution in [0.15, 0.2) is 0 Å². The quantitative estimate of drug-likeness (QED) is 0.469. The van der Waals surface area contributed by atoms with Gasteiger partial charge >= 0.3 is 29.6 Å². The molecule has 2 atom stereocenters. The van der Waals surface area contributed by atoms with Gasteiger partial charge in [0.1, 0.15) is 4.87 Å². The van der Waals surface area contributed by atoms with Crippen LogP contribution in [0.5, 0.6) is 0 Å². The van der Waals surface area contributed by atoms with Crippen LogP contribution in [0, 0.1) is 0 Å². The number of Topliss-reactive ketones (excluding diaryl/α,β-unsaturated/α-hetero) is 1. The normalized spacial score (nSPS) is 28.4. The molecule has 1 aliphatic rings. The van der Waals surface area contributed by atoms with E-state index in [1.807, 2.05) is 0 Å². The van der Waals surface area contributed by atoms with Crippen molar-refractivity contribution in [1.29, 1.82) is 0 Å². The summed E-state index contributed by atoms with van der Waals surface area (Å²) in [6.45, 7) is 4.16. The van der Waals surface area contributed by atoms with Crippen LogP contribution < -0.4 is 34.7 Å². The summed E-state index contributed by atoms with van der Waals surface area (Å²) in [4.78, 5) is 33.6. The van der Waals surface area contributed by atoms with E-state index < -0.39 is 22.8 Å². The standard InChI is InChI=1S/C9H13NO4S.Na/c1-5(11)9(3)10(6(2)12)7(4-15-9)8(13)14;/h7H,4H2,1-3H3,(H,13,14);/q;+1/p-1. The molecular weight excluding hydrogens is 241 g/mol. The number of nitrogens with zero attached hydrogens (tertiary/aromatic N) is 1. The smallest absolute Gasteiger partial charge is 0.548 e. The van der Waals surface area contributed by atoms with Gasteiger partial charge in [0.15, 0.2) is 5.78 Å². The van der Waals surface area contributed by atoms with Crippen LogP contribution in [0.25, 0.3) is 0 Å². The number of thioether (sulfide) groups is 1. The first-order valence-corrected chi connectivity index (χ1v) is 5.45. The molecule has 1 aliphatic heterocycles. The van der Waals surface area contributed by atoms with Gasteiger partial charge in [0.2, 0.25) is 5.91 Å². The minimum atomic E-state index is -1.32. The molecule has 0 saturated carbocycles. The van der Waals surface area contributed by atoms with Crippen molar-refractivity contribution in [2.75, 3.05) is 5.75 Å². The summed E-state index contributed by atoms with van der Waals surface area (Å²) in [5.74, 6) is -1.78. The molecule has 0 aromatic heterocycles. The van der Waals surface area contributed by atoms with Gasteiger partial charge in [-0.3, -0.25) is 9.59 Å². The Morgan fingerprint density at radius 1 is 1.38 bits per heavy atom. The van der Waals surface area contributed by atoms with Crippen molar-refractivity contribution in [3.05, 3.63) is 0 Å². The summed E-state index contributed by atoms with van der Waals surface area (Å²) in [6, 6.07) is -1.01. The van der Waals surface area contributed by atoms with Gasteiger partial charge in [-0.1, -0.05) is 0 Å². The number of rotatable bonds is 2. The van der Waals surface area contributed by atoms with E-state index >= 15 is 0 Å². The van der Waals surface area contributed by atoms with Crippen LogP contribution in [-0.4, -0.2) is 39.2 Å². The number of aliphatic carboxylic acids is 1. The number of hydrogen-bond acceptors (Lipinski definition) is 5. The van der Waals surface area contributed by atoms with Gasteiger partial charge in [-0.15, -0.1) is 11.8 Å². The van der Waals surface area contributed by atoms with E-state index in [0.29, 0.717) is 0 Å². The molecule has 0 bridgehead atoms. The first kappa shape index (κ1) is 16.0. The summed E-state index contributed by atoms with van der Waals surface area (Å²) >= 11 is 1.16. The molecule has 1 amide bonds. The van der Waals surface area contributed by atoms with Crippen molar-refractivity contribution in [2.45, 2.75) is 31.7 Å². The van der Waals surface area contributed by atoms with E-state index in [9.17, 15) is 19.5 Å². The van der Waals surface area contributed by atoms with E-state index in [1.54, 1.807) is 6.92 Å². The van der Waals surface area contributed by atoms with Gasteiger partial charge in [0, 0.05) is 12.7 Å². The first-order chi connectivity index (χ1) is 6.80. The minimum absolute atomic E-state index is 0. The molecule has 1 rings (SSSR count). The van der Waals surface area contributed by atoms with Crippen LogP contribution in [0.2, 0.25) is 0 Å². The Kier molecular flexibility index (Phi) is 5.52. The number of amides is 1. The number of hydrogen-bond donors (Lipinski definition) is 0. The zero-order chi connectivity index (χ0) is 11.8. The molecule has 0 N–H and O–H groups in total. The molecule has 1 saturated heterocycles. The zero-order valence-electron chi connectivity index (χ0n) is 9.77. The fourth-order valence-electron chi connectivity index (χ4n) is 1.65. The van der Waals surface area contributed by atoms with Gasteiger partial charge in [0.25, 0.3) is 0 Å². The summed E-state index contributed by atoms with van der Waals surface area (Å²) in [7, 11) is 0. The van der Waals surface area contributed by atoms with Crippen molar-refractivity contribution in [3.63, 3.8) is 0 Å². The van der Waals surface area contributed by atoms with Crippen LogP contribution in [0.3, 0.4) is 0 Å². The number of carbonyl (C=O) groups excluding carboxylic acids is 3. The van der Waals surface area contributed by atoms with Crippen molar-refractivity contribution < 1.29 is 49.0 Å². The Morgan fingerprint density at radius 3 is 2.19 bits per heavy atom. The summed E-state index contributed by atoms with van der Waals surface area (Å²) in [5.41, 5.74) is 0. The Balaban J connectivity index is 0.00000225. The number of ketones is 1. The fourth-order valence-corrected chi connectivity index (χ4v) is 3.01. The molecule has 0 aromatic rings. The monoisotopic (exact) mass is 253 g/mol. The molecular formula is C9H12NNaO4S. The van der Waals surface area contributed by atoms with Crippen molar-refractivity contribution >= 4 is 29.4 Å². The van der Waals surface area contributed by atoms with Crippen LogP contribution in [-0.2, 0) is 14.4 Å². The van der Waals surface area contributed by atoms with Gasteiger partial charge in [-0.05, 0) is 13.8 Å². The maximum absolute atomic E-state index is 11.4. The largest absolute Gasteiger partial charge is 1.00 e. The summed E-state index contributed by atoms with van der Waals surface area (Å²) < 4.78 is 0. The Morgan fingerprint density at radius 2 is 1.88 bits per heavy atom. The third-order valence-corrected chi connectivity index (χ3v) is 4.09. The van der Waals surface area contributed by atoms with E-state index in [1.165, 1.54) is 13.8 Å². The Labute approximate surface area is 120 Å². The Hall–Kier alpha value is -0.0400. The average Bonchev–Trinajstić information content (AvgIpc) is 2.44. The third kappa shape index (κ3) is 2.61. The molecule has 0 radical (unpaired) electrons. The predicted molar refractivity (Wildman–Crippen MR) is 52.9 cm³/mol. The maximum Gasteiger partial charge on any atom is 1.00 e. The van der Waals surface area contributed by atoms with Gasteiger partial charge < -0.3 is 14.8 Å². The molecule has 2 unspecified atom stereocenters. The number of carboxylic acid groups (broad SMARTS) is 1. The van der Waals surface area contributed by atoms with Gasteiger partial charge in [0.05, 0.1) is 12.0 Å². The second-order valence-corrected chi connectivity index (χ2v) is 4.99. The molecule has 5 nitrogen and oxygen atoms in total. The van der Waals surface area contributed by atoms with E-state index in [4.69, 9.17) is 0 Å². The number of carboxylic acids is 1. The van der Waals surface area contributed by atoms with E-state index in [-0.39, 0.29) is 41.1 Å². The first-order valence-electron chi connectivity index (χ1n) is 4.46. The second kappa shape index (κ2) is 5.53. The average molecular weight is 253 g/mol. The van der Waals surface area contributed by atoms with Gasteiger partial charge in [-0.2, -0.15) is 0 Å². The molecule has 0 aromatic carbocycles. The van der Waals surface area contributed by atoms with Crippen molar-refractivity contribution in [1.82, 2.24) is 4.90 Å². The van der Waals surface area contributed by atoms with E-state index in [0.717, 1.165) is 16.7 Å². The fraction of sp³-hybridized carbons (Fsp3) is 0.667. The maximum atomic E-state index is 11.4. The minimum Gasteiger partial charge on any atom is -0.548 e. The zero-order valence-corrected chi connectivity index (χ0v) is 12.6. The second-order valence-electron chi connectivity index (χ2n) is 3.57. The molecule has 16 heavy (non-hydrogen) atoms. The third-order valence-electron chi connectivity index (χ3n) is 2.56. The molecule has 1 fully saturated rings. The predicted octanol–water partition coefficient (Wildman–Crippen LogP) is -3.99. The molecule has 84 valence electrons. The Bertz CT molecular complexity index is 335. The molecule has 7 heteroatoms. The summed E-state index contributed by atoms with van der Waals surface area (Å²) in [5, 5.41) is 10.8.